The van der Waals surface area contributed by atoms with Gasteiger partial charge in [0.25, 0.3) is 0 Å². The Kier molecular flexibility index (Phi) is 6.90. The summed E-state index contributed by atoms with van der Waals surface area (Å²) in [6, 6.07) is 11.2. The molecule has 0 saturated heterocycles. The molecule has 2 heteroatoms. The van der Waals surface area contributed by atoms with Crippen molar-refractivity contribution in [2.45, 2.75) is 39.8 Å². The summed E-state index contributed by atoms with van der Waals surface area (Å²) < 4.78 is 0. The predicted octanol–water partition coefficient (Wildman–Crippen LogP) is 2.90. The molecule has 0 bridgehead atoms. The van der Waals surface area contributed by atoms with Crippen molar-refractivity contribution < 1.29 is 0 Å². The lowest BCUT2D eigenvalue weighted by Crippen LogP contribution is -2.37. The summed E-state index contributed by atoms with van der Waals surface area (Å²) in [4.78, 5) is 2.53. The Bertz CT molecular complexity index is 282. The van der Waals surface area contributed by atoms with Gasteiger partial charge in [-0.3, -0.25) is 4.90 Å². The van der Waals surface area contributed by atoms with Crippen LogP contribution in [0.15, 0.2) is 30.3 Å². The van der Waals surface area contributed by atoms with Gasteiger partial charge in [0, 0.05) is 25.7 Å². The minimum Gasteiger partial charge on any atom is -0.311 e. The molecule has 0 unspecified atom stereocenters. The molecule has 17 heavy (non-hydrogen) atoms. The second kappa shape index (κ2) is 8.26. The van der Waals surface area contributed by atoms with E-state index < -0.39 is 0 Å². The van der Waals surface area contributed by atoms with Gasteiger partial charge in [-0.25, -0.2) is 0 Å². The van der Waals surface area contributed by atoms with E-state index in [0.717, 1.165) is 19.6 Å². The first kappa shape index (κ1) is 14.2. The summed E-state index contributed by atoms with van der Waals surface area (Å²) in [6.45, 7) is 11.2. The van der Waals surface area contributed by atoms with Crippen molar-refractivity contribution in [3.8, 4) is 0 Å². The molecule has 0 atom stereocenters. The average molecular weight is 234 g/mol. The van der Waals surface area contributed by atoms with Crippen LogP contribution in [0.2, 0.25) is 0 Å². The van der Waals surface area contributed by atoms with E-state index in [1.165, 1.54) is 18.5 Å². The van der Waals surface area contributed by atoms with Gasteiger partial charge in [0.05, 0.1) is 0 Å². The highest BCUT2D eigenvalue weighted by Crippen LogP contribution is 1.99. The van der Waals surface area contributed by atoms with Crippen LogP contribution in [0, 0.1) is 0 Å². The van der Waals surface area contributed by atoms with Crippen LogP contribution in [0.25, 0.3) is 0 Å². The number of hydrogen-bond donors (Lipinski definition) is 1. The zero-order valence-electron chi connectivity index (χ0n) is 11.4. The highest BCUT2D eigenvalue weighted by Gasteiger charge is 2.06. The summed E-state index contributed by atoms with van der Waals surface area (Å²) in [5.74, 6) is 0. The van der Waals surface area contributed by atoms with E-state index in [4.69, 9.17) is 0 Å². The molecule has 0 amide bonds. The van der Waals surface area contributed by atoms with Gasteiger partial charge < -0.3 is 5.32 Å². The fraction of sp³-hybridized carbons (Fsp3) is 0.600. The van der Waals surface area contributed by atoms with E-state index >= 15 is 0 Å². The Labute approximate surface area is 106 Å². The van der Waals surface area contributed by atoms with Gasteiger partial charge in [0.2, 0.25) is 0 Å². The third-order valence-corrected chi connectivity index (χ3v) is 2.99. The quantitative estimate of drug-likeness (QED) is 0.696. The van der Waals surface area contributed by atoms with Crippen LogP contribution in [0.1, 0.15) is 32.8 Å². The van der Waals surface area contributed by atoms with Crippen LogP contribution in [-0.2, 0) is 6.54 Å². The number of rotatable bonds is 8. The van der Waals surface area contributed by atoms with Crippen molar-refractivity contribution in [1.82, 2.24) is 10.2 Å². The lowest BCUT2D eigenvalue weighted by molar-refractivity contribution is 0.222. The van der Waals surface area contributed by atoms with Crippen LogP contribution in [-0.4, -0.2) is 30.6 Å². The second-order valence-corrected chi connectivity index (χ2v) is 4.79. The summed E-state index contributed by atoms with van der Waals surface area (Å²) in [5, 5.41) is 3.50. The topological polar surface area (TPSA) is 15.3 Å². The van der Waals surface area contributed by atoms with Crippen molar-refractivity contribution in [2.75, 3.05) is 19.6 Å². The van der Waals surface area contributed by atoms with Gasteiger partial charge in [-0.2, -0.15) is 0 Å². The Morgan fingerprint density at radius 3 is 2.41 bits per heavy atom. The largest absolute Gasteiger partial charge is 0.311 e. The van der Waals surface area contributed by atoms with E-state index in [0.29, 0.717) is 6.04 Å². The zero-order valence-corrected chi connectivity index (χ0v) is 11.4. The van der Waals surface area contributed by atoms with Gasteiger partial charge in [-0.05, 0) is 32.4 Å². The predicted molar refractivity (Wildman–Crippen MR) is 75.1 cm³/mol. The van der Waals surface area contributed by atoms with Crippen LogP contribution in [0.3, 0.4) is 0 Å². The van der Waals surface area contributed by atoms with Crippen molar-refractivity contribution in [1.29, 1.82) is 0 Å². The number of nitrogens with zero attached hydrogens (tertiary/aromatic N) is 1. The molecule has 96 valence electrons. The van der Waals surface area contributed by atoms with Crippen molar-refractivity contribution in [2.24, 2.45) is 0 Å². The average Bonchev–Trinajstić information content (AvgIpc) is 2.34. The van der Waals surface area contributed by atoms with Crippen molar-refractivity contribution in [3.63, 3.8) is 0 Å². The van der Waals surface area contributed by atoms with Crippen LogP contribution in [0.4, 0.5) is 0 Å². The highest BCUT2D eigenvalue weighted by atomic mass is 15.2. The molecule has 0 aromatic heterocycles. The van der Waals surface area contributed by atoms with E-state index in [1.807, 2.05) is 0 Å². The Hall–Kier alpha value is -0.860. The smallest absolute Gasteiger partial charge is 0.0206 e. The number of hydrogen-bond acceptors (Lipinski definition) is 2. The third kappa shape index (κ3) is 5.85. The lowest BCUT2D eigenvalue weighted by atomic mass is 10.2. The molecule has 1 rings (SSSR count). The molecule has 1 N–H and O–H groups in total. The molecule has 2 nitrogen and oxygen atoms in total. The molecular formula is C15H26N2. The van der Waals surface area contributed by atoms with Gasteiger partial charge in [-0.15, -0.1) is 0 Å². The fourth-order valence-electron chi connectivity index (χ4n) is 1.97. The first-order valence-electron chi connectivity index (χ1n) is 6.72. The van der Waals surface area contributed by atoms with Crippen molar-refractivity contribution >= 4 is 0 Å². The molecule has 1 aromatic rings. The molecule has 0 aliphatic rings. The lowest BCUT2D eigenvalue weighted by Gasteiger charge is -2.25. The minimum absolute atomic E-state index is 0.647. The van der Waals surface area contributed by atoms with Crippen LogP contribution in [0.5, 0.6) is 0 Å². The Morgan fingerprint density at radius 1 is 1.12 bits per heavy atom. The molecule has 1 aromatic carbocycles. The SMILES string of the molecule is CCCN(CCNCc1ccccc1)C(C)C. The summed E-state index contributed by atoms with van der Waals surface area (Å²) in [5.41, 5.74) is 1.36. The number of benzene rings is 1. The standard InChI is InChI=1S/C15H26N2/c1-4-11-17(14(2)3)12-10-16-13-15-8-6-5-7-9-15/h5-9,14,16H,4,10-13H2,1-3H3. The monoisotopic (exact) mass is 234 g/mol. The van der Waals surface area contributed by atoms with E-state index in [2.05, 4.69) is 61.3 Å². The third-order valence-electron chi connectivity index (χ3n) is 2.99. The summed E-state index contributed by atoms with van der Waals surface area (Å²) in [6.07, 6.45) is 1.23. The van der Waals surface area contributed by atoms with Crippen LogP contribution >= 0.6 is 0 Å². The van der Waals surface area contributed by atoms with Gasteiger partial charge in [0.1, 0.15) is 0 Å². The van der Waals surface area contributed by atoms with Crippen LogP contribution < -0.4 is 5.32 Å². The molecule has 0 saturated carbocycles. The normalized spacial score (nSPS) is 11.4. The zero-order chi connectivity index (χ0) is 12.5. The Morgan fingerprint density at radius 2 is 1.82 bits per heavy atom. The molecule has 0 heterocycles. The van der Waals surface area contributed by atoms with E-state index in [-0.39, 0.29) is 0 Å². The molecule has 0 aliphatic heterocycles. The minimum atomic E-state index is 0.647. The summed E-state index contributed by atoms with van der Waals surface area (Å²) in [7, 11) is 0. The first-order valence-corrected chi connectivity index (χ1v) is 6.72. The molecule has 0 spiro atoms. The molecular weight excluding hydrogens is 208 g/mol. The number of nitrogens with one attached hydrogen (secondary N) is 1. The second-order valence-electron chi connectivity index (χ2n) is 4.79. The maximum Gasteiger partial charge on any atom is 0.0206 e. The molecule has 0 aliphatic carbocycles. The van der Waals surface area contributed by atoms with Gasteiger partial charge in [-0.1, -0.05) is 37.3 Å². The van der Waals surface area contributed by atoms with Crippen molar-refractivity contribution in [3.05, 3.63) is 35.9 Å². The van der Waals surface area contributed by atoms with E-state index in [1.54, 1.807) is 0 Å². The van der Waals surface area contributed by atoms with Gasteiger partial charge in [0.15, 0.2) is 0 Å². The van der Waals surface area contributed by atoms with E-state index in [9.17, 15) is 0 Å². The first-order chi connectivity index (χ1) is 8.24. The maximum absolute atomic E-state index is 3.50. The summed E-state index contributed by atoms with van der Waals surface area (Å²) >= 11 is 0. The Balaban J connectivity index is 2.18. The van der Waals surface area contributed by atoms with Gasteiger partial charge >= 0.3 is 0 Å². The maximum atomic E-state index is 3.50. The fourth-order valence-corrected chi connectivity index (χ4v) is 1.97. The molecule has 0 radical (unpaired) electrons. The molecule has 0 fully saturated rings. The highest BCUT2D eigenvalue weighted by molar-refractivity contribution is 5.14.